The fraction of sp³-hybridized carbons (Fsp3) is 0. The highest BCUT2D eigenvalue weighted by molar-refractivity contribution is 6.33. The molecule has 2 rings (SSSR count). The van der Waals surface area contributed by atoms with Crippen molar-refractivity contribution in [2.45, 2.75) is 0 Å². The number of para-hydroxylation sites is 1. The largest absolute Gasteiger partial charge is 0.362 e. The summed E-state index contributed by atoms with van der Waals surface area (Å²) in [4.78, 5) is 14.4. The first kappa shape index (κ1) is 9.30. The Hall–Kier alpha value is -1.26. The molecular formula is C8H5Cl2N3O. The Morgan fingerprint density at radius 2 is 2.00 bits per heavy atom. The van der Waals surface area contributed by atoms with Crippen LogP contribution in [0.25, 0.3) is 5.69 Å². The third-order valence-electron chi connectivity index (χ3n) is 1.68. The Labute approximate surface area is 89.1 Å². The SMILES string of the molecule is O=c1nc(Cl)n(-c2ccccc2Cl)[nH]1. The molecule has 1 heterocycles. The van der Waals surface area contributed by atoms with E-state index in [1.165, 1.54) is 4.68 Å². The summed E-state index contributed by atoms with van der Waals surface area (Å²) >= 11 is 11.6. The van der Waals surface area contributed by atoms with Crippen LogP contribution in [0.3, 0.4) is 0 Å². The summed E-state index contributed by atoms with van der Waals surface area (Å²) in [5, 5.41) is 2.98. The van der Waals surface area contributed by atoms with Crippen molar-refractivity contribution in [1.82, 2.24) is 14.8 Å². The van der Waals surface area contributed by atoms with Gasteiger partial charge >= 0.3 is 5.69 Å². The fourth-order valence-corrected chi connectivity index (χ4v) is 1.52. The minimum atomic E-state index is -0.505. The first-order chi connectivity index (χ1) is 6.68. The lowest BCUT2D eigenvalue weighted by Crippen LogP contribution is -2.05. The van der Waals surface area contributed by atoms with Crippen molar-refractivity contribution in [2.24, 2.45) is 0 Å². The first-order valence-corrected chi connectivity index (χ1v) is 4.53. The van der Waals surface area contributed by atoms with Gasteiger partial charge in [0.1, 0.15) is 0 Å². The minimum Gasteiger partial charge on any atom is -0.244 e. The number of nitrogens with one attached hydrogen (secondary N) is 1. The average molecular weight is 230 g/mol. The molecule has 6 heteroatoms. The van der Waals surface area contributed by atoms with E-state index in [4.69, 9.17) is 23.2 Å². The van der Waals surface area contributed by atoms with Gasteiger partial charge in [-0.15, -0.1) is 0 Å². The minimum absolute atomic E-state index is 0.0584. The molecule has 0 aliphatic heterocycles. The fourth-order valence-electron chi connectivity index (χ4n) is 1.09. The molecule has 0 atom stereocenters. The molecule has 0 aliphatic carbocycles. The normalized spacial score (nSPS) is 10.4. The molecule has 4 nitrogen and oxygen atoms in total. The van der Waals surface area contributed by atoms with Gasteiger partial charge in [-0.1, -0.05) is 23.7 Å². The molecule has 1 aromatic carbocycles. The quantitative estimate of drug-likeness (QED) is 0.812. The summed E-state index contributed by atoms with van der Waals surface area (Å²) in [5.74, 6) is 0. The monoisotopic (exact) mass is 229 g/mol. The van der Waals surface area contributed by atoms with Crippen LogP contribution < -0.4 is 5.69 Å². The lowest BCUT2D eigenvalue weighted by Gasteiger charge is -2.03. The Morgan fingerprint density at radius 1 is 1.29 bits per heavy atom. The van der Waals surface area contributed by atoms with E-state index in [2.05, 4.69) is 10.1 Å². The van der Waals surface area contributed by atoms with E-state index in [1.54, 1.807) is 24.3 Å². The second-order valence-electron chi connectivity index (χ2n) is 2.58. The summed E-state index contributed by atoms with van der Waals surface area (Å²) < 4.78 is 1.33. The predicted molar refractivity (Wildman–Crippen MR) is 54.2 cm³/mol. The number of nitrogens with zero attached hydrogens (tertiary/aromatic N) is 2. The van der Waals surface area contributed by atoms with Gasteiger partial charge in [0.15, 0.2) is 0 Å². The molecule has 0 saturated heterocycles. The third kappa shape index (κ3) is 1.54. The molecule has 0 radical (unpaired) electrons. The number of benzene rings is 1. The molecule has 0 saturated carbocycles. The van der Waals surface area contributed by atoms with Crippen LogP contribution in [-0.4, -0.2) is 14.8 Å². The maximum absolute atomic E-state index is 10.9. The van der Waals surface area contributed by atoms with Crippen LogP contribution in [0.15, 0.2) is 29.1 Å². The predicted octanol–water partition coefficient (Wildman–Crippen LogP) is 1.87. The lowest BCUT2D eigenvalue weighted by atomic mass is 10.3. The number of aromatic amines is 1. The maximum Gasteiger partial charge on any atom is 0.362 e. The van der Waals surface area contributed by atoms with Crippen LogP contribution in [0.5, 0.6) is 0 Å². The zero-order valence-corrected chi connectivity index (χ0v) is 8.38. The van der Waals surface area contributed by atoms with Crippen molar-refractivity contribution in [3.63, 3.8) is 0 Å². The van der Waals surface area contributed by atoms with Gasteiger partial charge in [-0.05, 0) is 23.7 Å². The molecule has 0 unspecified atom stereocenters. The van der Waals surface area contributed by atoms with E-state index in [1.807, 2.05) is 0 Å². The van der Waals surface area contributed by atoms with Crippen LogP contribution in [0.2, 0.25) is 10.3 Å². The van der Waals surface area contributed by atoms with Crippen molar-refractivity contribution < 1.29 is 0 Å². The van der Waals surface area contributed by atoms with Crippen LogP contribution in [0, 0.1) is 0 Å². The highest BCUT2D eigenvalue weighted by Gasteiger charge is 2.07. The van der Waals surface area contributed by atoms with Gasteiger partial charge in [-0.3, -0.25) is 0 Å². The summed E-state index contributed by atoms with van der Waals surface area (Å²) in [6.07, 6.45) is 0. The highest BCUT2D eigenvalue weighted by Crippen LogP contribution is 2.20. The lowest BCUT2D eigenvalue weighted by molar-refractivity contribution is 0.865. The number of hydrogen-bond donors (Lipinski definition) is 1. The van der Waals surface area contributed by atoms with Crippen molar-refractivity contribution in [3.8, 4) is 5.69 Å². The highest BCUT2D eigenvalue weighted by atomic mass is 35.5. The molecule has 0 amide bonds. The van der Waals surface area contributed by atoms with E-state index >= 15 is 0 Å². The van der Waals surface area contributed by atoms with Crippen LogP contribution >= 0.6 is 23.2 Å². The van der Waals surface area contributed by atoms with Gasteiger partial charge in [0.05, 0.1) is 10.7 Å². The molecule has 1 aromatic heterocycles. The second-order valence-corrected chi connectivity index (χ2v) is 3.33. The molecule has 0 bridgehead atoms. The molecule has 0 spiro atoms. The van der Waals surface area contributed by atoms with Gasteiger partial charge in [0.25, 0.3) is 0 Å². The molecular weight excluding hydrogens is 225 g/mol. The van der Waals surface area contributed by atoms with Gasteiger partial charge in [-0.25, -0.2) is 14.6 Å². The van der Waals surface area contributed by atoms with E-state index in [-0.39, 0.29) is 5.28 Å². The van der Waals surface area contributed by atoms with Crippen LogP contribution in [0.1, 0.15) is 0 Å². The Bertz CT molecular complexity index is 517. The molecule has 1 N–H and O–H groups in total. The van der Waals surface area contributed by atoms with Crippen LogP contribution in [0.4, 0.5) is 0 Å². The number of H-pyrrole nitrogens is 1. The molecule has 2 aromatic rings. The molecule has 0 aliphatic rings. The van der Waals surface area contributed by atoms with Gasteiger partial charge in [0.2, 0.25) is 5.28 Å². The molecule has 72 valence electrons. The summed E-state index contributed by atoms with van der Waals surface area (Å²) in [6, 6.07) is 7.00. The van der Waals surface area contributed by atoms with E-state index in [0.29, 0.717) is 10.7 Å². The van der Waals surface area contributed by atoms with E-state index in [0.717, 1.165) is 0 Å². The number of aromatic nitrogens is 3. The third-order valence-corrected chi connectivity index (χ3v) is 2.25. The van der Waals surface area contributed by atoms with Crippen molar-refractivity contribution >= 4 is 23.2 Å². The maximum atomic E-state index is 10.9. The molecule has 14 heavy (non-hydrogen) atoms. The average Bonchev–Trinajstić information content (AvgIpc) is 2.46. The topological polar surface area (TPSA) is 50.7 Å². The van der Waals surface area contributed by atoms with E-state index in [9.17, 15) is 4.79 Å². The summed E-state index contributed by atoms with van der Waals surface area (Å²) in [6.45, 7) is 0. The smallest absolute Gasteiger partial charge is 0.244 e. The van der Waals surface area contributed by atoms with E-state index < -0.39 is 5.69 Å². The zero-order valence-electron chi connectivity index (χ0n) is 6.87. The standard InChI is InChI=1S/C8H5Cl2N3O/c9-5-3-1-2-4-6(5)13-7(10)11-8(14)12-13/h1-4H,(H,12,14). The van der Waals surface area contributed by atoms with Gasteiger partial charge in [0, 0.05) is 0 Å². The molecule has 0 fully saturated rings. The van der Waals surface area contributed by atoms with Crippen molar-refractivity contribution in [3.05, 3.63) is 45.1 Å². The summed E-state index contributed by atoms with van der Waals surface area (Å²) in [7, 11) is 0. The van der Waals surface area contributed by atoms with Crippen molar-refractivity contribution in [1.29, 1.82) is 0 Å². The number of halogens is 2. The second kappa shape index (κ2) is 3.48. The van der Waals surface area contributed by atoms with Crippen molar-refractivity contribution in [2.75, 3.05) is 0 Å². The Balaban J connectivity index is 2.66. The number of hydrogen-bond acceptors (Lipinski definition) is 2. The first-order valence-electron chi connectivity index (χ1n) is 3.78. The Kier molecular flexibility index (Phi) is 2.31. The Morgan fingerprint density at radius 3 is 2.57 bits per heavy atom. The van der Waals surface area contributed by atoms with Gasteiger partial charge in [-0.2, -0.15) is 4.98 Å². The zero-order chi connectivity index (χ0) is 10.1. The van der Waals surface area contributed by atoms with Gasteiger partial charge < -0.3 is 0 Å². The number of rotatable bonds is 1. The van der Waals surface area contributed by atoms with Crippen LogP contribution in [-0.2, 0) is 0 Å². The summed E-state index contributed by atoms with van der Waals surface area (Å²) in [5.41, 5.74) is 0.0867.